The maximum Gasteiger partial charge on any atom is 0.299 e. The van der Waals surface area contributed by atoms with Crippen LogP contribution in [0.3, 0.4) is 0 Å². The number of hydrogen-bond donors (Lipinski definition) is 2. The van der Waals surface area contributed by atoms with Gasteiger partial charge in [0.05, 0.1) is 19.0 Å². The van der Waals surface area contributed by atoms with Crippen LogP contribution in [0.5, 0.6) is 17.2 Å². The van der Waals surface area contributed by atoms with Crippen molar-refractivity contribution in [3.05, 3.63) is 130 Å². The fourth-order valence-electron chi connectivity index (χ4n) is 5.11. The molecule has 0 radical (unpaired) electrons. The third-order valence-electron chi connectivity index (χ3n) is 7.34. The molecule has 1 amide bonds. The van der Waals surface area contributed by atoms with Crippen LogP contribution in [0.1, 0.15) is 33.6 Å². The average Bonchev–Trinajstić information content (AvgIpc) is 3.52. The molecular formula is C34H31N5O4. The number of fused-ring (bicyclic) bond motifs is 1. The van der Waals surface area contributed by atoms with E-state index in [0.29, 0.717) is 41.4 Å². The normalized spacial score (nSPS) is 11.9. The number of rotatable bonds is 10. The Bertz CT molecular complexity index is 1800. The summed E-state index contributed by atoms with van der Waals surface area (Å²) in [5.41, 5.74) is 4.85. The van der Waals surface area contributed by atoms with Crippen molar-refractivity contribution in [3.8, 4) is 22.9 Å². The quantitative estimate of drug-likeness (QED) is 0.223. The Labute approximate surface area is 249 Å². The molecule has 2 N–H and O–H groups in total. The second kappa shape index (κ2) is 12.6. The van der Waals surface area contributed by atoms with E-state index in [4.69, 9.17) is 9.47 Å². The van der Waals surface area contributed by atoms with Crippen molar-refractivity contribution in [2.75, 3.05) is 19.0 Å². The number of amides is 1. The molecule has 2 heterocycles. The fraction of sp³-hybridized carbons (Fsp3) is 0.176. The molecule has 5 aromatic rings. The highest BCUT2D eigenvalue weighted by atomic mass is 16.5. The van der Waals surface area contributed by atoms with E-state index in [-0.39, 0.29) is 17.3 Å². The summed E-state index contributed by atoms with van der Waals surface area (Å²) in [6.07, 6.45) is 7.07. The number of methoxy groups -OCH3 is 1. The van der Waals surface area contributed by atoms with E-state index >= 15 is 0 Å². The fourth-order valence-corrected chi connectivity index (χ4v) is 5.11. The Morgan fingerprint density at radius 2 is 1.77 bits per heavy atom. The van der Waals surface area contributed by atoms with Gasteiger partial charge in [-0.05, 0) is 97.1 Å². The third kappa shape index (κ3) is 6.41. The van der Waals surface area contributed by atoms with Gasteiger partial charge in [0.15, 0.2) is 11.4 Å². The van der Waals surface area contributed by atoms with Gasteiger partial charge in [-0.3, -0.25) is 14.6 Å². The van der Waals surface area contributed by atoms with Gasteiger partial charge in [-0.15, -0.1) is 0 Å². The number of aryl methyl sites for hydroxylation is 2. The molecule has 0 aliphatic heterocycles. The van der Waals surface area contributed by atoms with Crippen LogP contribution in [0, 0.1) is 0 Å². The minimum absolute atomic E-state index is 0.194. The van der Waals surface area contributed by atoms with Crippen LogP contribution in [0.25, 0.3) is 5.69 Å². The van der Waals surface area contributed by atoms with E-state index in [2.05, 4.69) is 26.8 Å². The zero-order valence-electron chi connectivity index (χ0n) is 23.7. The predicted octanol–water partition coefficient (Wildman–Crippen LogP) is 5.63. The number of carbonyl (C=O) groups excluding carboxylic acids is 1. The zero-order valence-corrected chi connectivity index (χ0v) is 23.7. The molecule has 9 heteroatoms. The number of ether oxygens (including phenoxy) is 2. The van der Waals surface area contributed by atoms with Gasteiger partial charge in [-0.2, -0.15) is 9.78 Å². The van der Waals surface area contributed by atoms with E-state index in [9.17, 15) is 9.59 Å². The molecule has 2 aromatic heterocycles. The first-order valence-corrected chi connectivity index (χ1v) is 14.2. The van der Waals surface area contributed by atoms with E-state index in [1.165, 1.54) is 22.0 Å². The minimum Gasteiger partial charge on any atom is -0.497 e. The summed E-state index contributed by atoms with van der Waals surface area (Å²) in [5.74, 6) is 1.35. The molecule has 0 saturated heterocycles. The first-order chi connectivity index (χ1) is 21.1. The molecule has 1 aliphatic rings. The molecule has 0 atom stereocenters. The molecule has 3 aromatic carbocycles. The lowest BCUT2D eigenvalue weighted by Crippen LogP contribution is -2.26. The Hall–Kier alpha value is -5.44. The van der Waals surface area contributed by atoms with Crippen LogP contribution in [-0.2, 0) is 19.3 Å². The van der Waals surface area contributed by atoms with Crippen molar-refractivity contribution < 1.29 is 14.3 Å². The van der Waals surface area contributed by atoms with Crippen molar-refractivity contribution in [1.29, 1.82) is 0 Å². The third-order valence-corrected chi connectivity index (χ3v) is 7.34. The Balaban J connectivity index is 1.28. The lowest BCUT2D eigenvalue weighted by atomic mass is 10.1. The molecule has 0 saturated carbocycles. The smallest absolute Gasteiger partial charge is 0.299 e. The van der Waals surface area contributed by atoms with Crippen molar-refractivity contribution in [2.45, 2.75) is 25.7 Å². The van der Waals surface area contributed by atoms with Gasteiger partial charge in [0.1, 0.15) is 11.5 Å². The van der Waals surface area contributed by atoms with Gasteiger partial charge in [0.25, 0.3) is 11.5 Å². The van der Waals surface area contributed by atoms with Gasteiger partial charge in [0.2, 0.25) is 0 Å². The van der Waals surface area contributed by atoms with Crippen LogP contribution in [0.15, 0.2) is 102 Å². The number of benzene rings is 3. The maximum absolute atomic E-state index is 13.9. The van der Waals surface area contributed by atoms with E-state index in [0.717, 1.165) is 25.0 Å². The lowest BCUT2D eigenvalue weighted by molar-refractivity contribution is 0.0954. The largest absolute Gasteiger partial charge is 0.497 e. The van der Waals surface area contributed by atoms with E-state index in [1.807, 2.05) is 30.3 Å². The summed E-state index contributed by atoms with van der Waals surface area (Å²) in [5, 5.41) is 10.6. The summed E-state index contributed by atoms with van der Waals surface area (Å²) in [7, 11) is 1.58. The Kier molecular flexibility index (Phi) is 8.13. The Morgan fingerprint density at radius 1 is 0.930 bits per heavy atom. The highest BCUT2D eigenvalue weighted by molar-refractivity contribution is 5.95. The van der Waals surface area contributed by atoms with Crippen molar-refractivity contribution in [3.63, 3.8) is 0 Å². The average molecular weight is 574 g/mol. The van der Waals surface area contributed by atoms with Gasteiger partial charge in [-0.25, -0.2) is 0 Å². The van der Waals surface area contributed by atoms with Crippen LogP contribution in [0.2, 0.25) is 0 Å². The van der Waals surface area contributed by atoms with Crippen LogP contribution >= 0.6 is 0 Å². The number of anilines is 2. The summed E-state index contributed by atoms with van der Waals surface area (Å²) >= 11 is 0. The van der Waals surface area contributed by atoms with Crippen molar-refractivity contribution >= 4 is 17.3 Å². The number of carbonyl (C=O) groups is 1. The van der Waals surface area contributed by atoms with Crippen LogP contribution in [-0.4, -0.2) is 34.3 Å². The number of pyridine rings is 1. The van der Waals surface area contributed by atoms with E-state index < -0.39 is 5.56 Å². The highest BCUT2D eigenvalue weighted by Crippen LogP contribution is 2.32. The maximum atomic E-state index is 13.9. The molecular weight excluding hydrogens is 542 g/mol. The number of nitrogens with zero attached hydrogens (tertiary/aromatic N) is 3. The monoisotopic (exact) mass is 573 g/mol. The second-order valence-corrected chi connectivity index (χ2v) is 10.2. The van der Waals surface area contributed by atoms with Gasteiger partial charge >= 0.3 is 0 Å². The molecule has 9 nitrogen and oxygen atoms in total. The molecule has 6 rings (SSSR count). The standard InChI is InChI=1S/C34H31N5O4/c1-42-29-15-12-28(13-16-29)39-34(41)32(31(22-37-39)43-30-14-11-23-6-4-7-24(23)21-30)38-27-10-5-8-25(20-27)33(40)36-19-17-26-9-2-3-18-35-26/h2-3,5,8-16,18,20-22,38H,4,6-7,17,19H2,1H3,(H,36,40). The summed E-state index contributed by atoms with van der Waals surface area (Å²) in [4.78, 5) is 31.1. The first kappa shape index (κ1) is 27.7. The highest BCUT2D eigenvalue weighted by Gasteiger charge is 2.18. The molecule has 0 fully saturated rings. The lowest BCUT2D eigenvalue weighted by Gasteiger charge is -2.16. The number of aromatic nitrogens is 3. The molecule has 216 valence electrons. The minimum atomic E-state index is -0.408. The van der Waals surface area contributed by atoms with Gasteiger partial charge in [-0.1, -0.05) is 18.2 Å². The molecule has 43 heavy (non-hydrogen) atoms. The molecule has 0 spiro atoms. The number of nitrogens with one attached hydrogen (secondary N) is 2. The van der Waals surface area contributed by atoms with Crippen molar-refractivity contribution in [1.82, 2.24) is 20.1 Å². The summed E-state index contributed by atoms with van der Waals surface area (Å²) in [6, 6.07) is 25.8. The molecule has 0 unspecified atom stereocenters. The Morgan fingerprint density at radius 3 is 2.58 bits per heavy atom. The molecule has 1 aliphatic carbocycles. The van der Waals surface area contributed by atoms with Crippen LogP contribution < -0.4 is 25.7 Å². The number of hydrogen-bond acceptors (Lipinski definition) is 7. The van der Waals surface area contributed by atoms with Crippen LogP contribution in [0.4, 0.5) is 11.4 Å². The van der Waals surface area contributed by atoms with Gasteiger partial charge < -0.3 is 20.1 Å². The van der Waals surface area contributed by atoms with E-state index in [1.54, 1.807) is 61.8 Å². The summed E-state index contributed by atoms with van der Waals surface area (Å²) in [6.45, 7) is 0.448. The first-order valence-electron chi connectivity index (χ1n) is 14.2. The predicted molar refractivity (Wildman–Crippen MR) is 165 cm³/mol. The topological polar surface area (TPSA) is 107 Å². The SMILES string of the molecule is COc1ccc(-n2ncc(Oc3ccc4c(c3)CCC4)c(Nc3cccc(C(=O)NCCc4ccccn4)c3)c2=O)cc1. The second-order valence-electron chi connectivity index (χ2n) is 10.2. The molecule has 0 bridgehead atoms. The van der Waals surface area contributed by atoms with Gasteiger partial charge in [0, 0.05) is 36.1 Å². The zero-order chi connectivity index (χ0) is 29.6. The summed E-state index contributed by atoms with van der Waals surface area (Å²) < 4.78 is 12.8. The van der Waals surface area contributed by atoms with Crippen molar-refractivity contribution in [2.24, 2.45) is 0 Å².